The summed E-state index contributed by atoms with van der Waals surface area (Å²) >= 11 is 0. The van der Waals surface area contributed by atoms with Crippen LogP contribution in [-0.2, 0) is 7.05 Å². The van der Waals surface area contributed by atoms with Crippen LogP contribution in [0.1, 0.15) is 47.4 Å². The molecule has 1 aliphatic heterocycles. The maximum Gasteiger partial charge on any atom is 0.256 e. The number of pyridine rings is 1. The molecule has 28 heavy (non-hydrogen) atoms. The van der Waals surface area contributed by atoms with Crippen LogP contribution in [-0.4, -0.2) is 33.8 Å². The van der Waals surface area contributed by atoms with Gasteiger partial charge in [-0.25, -0.2) is 4.98 Å². The van der Waals surface area contributed by atoms with E-state index in [4.69, 9.17) is 0 Å². The molecule has 0 unspecified atom stereocenters. The fraction of sp³-hybridized carbons (Fsp3) is 0.409. The lowest BCUT2D eigenvalue weighted by atomic mass is 10.1. The highest BCUT2D eigenvalue weighted by Crippen LogP contribution is 2.24. The van der Waals surface area contributed by atoms with Crippen molar-refractivity contribution >= 4 is 28.3 Å². The number of hydrogen-bond donors (Lipinski definition) is 1. The lowest BCUT2D eigenvalue weighted by molar-refractivity contribution is 0.102. The van der Waals surface area contributed by atoms with Gasteiger partial charge in [-0.05, 0) is 57.0 Å². The summed E-state index contributed by atoms with van der Waals surface area (Å²) in [6.45, 7) is 6.03. The second kappa shape index (κ2) is 7.62. The van der Waals surface area contributed by atoms with Crippen molar-refractivity contribution in [1.82, 2.24) is 14.8 Å². The van der Waals surface area contributed by atoms with E-state index < -0.39 is 0 Å². The third kappa shape index (κ3) is 3.59. The molecule has 1 saturated heterocycles. The number of nitrogens with zero attached hydrogens (tertiary/aromatic N) is 4. The molecule has 2 aromatic heterocycles. The molecule has 6 nitrogen and oxygen atoms in total. The average molecular weight is 377 g/mol. The molecular formula is C22H27N5O. The van der Waals surface area contributed by atoms with Gasteiger partial charge in [0.15, 0.2) is 5.65 Å². The van der Waals surface area contributed by atoms with E-state index in [-0.39, 0.29) is 5.91 Å². The van der Waals surface area contributed by atoms with Gasteiger partial charge in [0.05, 0.1) is 16.6 Å². The van der Waals surface area contributed by atoms with Crippen molar-refractivity contribution in [1.29, 1.82) is 0 Å². The Morgan fingerprint density at radius 1 is 1.04 bits per heavy atom. The molecule has 1 aromatic carbocycles. The normalized spacial score (nSPS) is 14.9. The van der Waals surface area contributed by atoms with Crippen molar-refractivity contribution in [2.24, 2.45) is 7.05 Å². The quantitative estimate of drug-likeness (QED) is 0.742. The Labute approximate surface area is 165 Å². The monoisotopic (exact) mass is 377 g/mol. The summed E-state index contributed by atoms with van der Waals surface area (Å²) in [5.74, 6) is -0.130. The summed E-state index contributed by atoms with van der Waals surface area (Å²) in [4.78, 5) is 20.0. The highest BCUT2D eigenvalue weighted by Gasteiger charge is 2.18. The van der Waals surface area contributed by atoms with Crippen LogP contribution in [0, 0.1) is 13.8 Å². The second-order valence-corrected chi connectivity index (χ2v) is 7.62. The maximum atomic E-state index is 13.0. The number of aromatic nitrogens is 3. The van der Waals surface area contributed by atoms with Crippen molar-refractivity contribution in [3.05, 3.63) is 47.3 Å². The molecule has 1 aliphatic rings. The minimum Gasteiger partial charge on any atom is -0.372 e. The van der Waals surface area contributed by atoms with Crippen molar-refractivity contribution in [3.8, 4) is 0 Å². The zero-order valence-electron chi connectivity index (χ0n) is 16.8. The number of fused-ring (bicyclic) bond motifs is 1. The third-order valence-electron chi connectivity index (χ3n) is 5.44. The number of amides is 1. The van der Waals surface area contributed by atoms with Crippen molar-refractivity contribution in [2.75, 3.05) is 23.3 Å². The largest absolute Gasteiger partial charge is 0.372 e. The summed E-state index contributed by atoms with van der Waals surface area (Å²) in [6.07, 6.45) is 5.14. The number of benzene rings is 1. The summed E-state index contributed by atoms with van der Waals surface area (Å²) in [5, 5.41) is 8.27. The smallest absolute Gasteiger partial charge is 0.256 e. The van der Waals surface area contributed by atoms with E-state index in [9.17, 15) is 4.79 Å². The van der Waals surface area contributed by atoms with E-state index in [2.05, 4.69) is 32.4 Å². The van der Waals surface area contributed by atoms with Crippen LogP contribution in [0.2, 0.25) is 0 Å². The molecule has 0 radical (unpaired) electrons. The van der Waals surface area contributed by atoms with Crippen LogP contribution < -0.4 is 10.2 Å². The Morgan fingerprint density at radius 3 is 2.39 bits per heavy atom. The van der Waals surface area contributed by atoms with Crippen LogP contribution in [0.5, 0.6) is 0 Å². The Balaban J connectivity index is 1.56. The van der Waals surface area contributed by atoms with E-state index in [1.165, 1.54) is 31.4 Å². The zero-order valence-corrected chi connectivity index (χ0v) is 16.8. The highest BCUT2D eigenvalue weighted by molar-refractivity contribution is 6.12. The third-order valence-corrected chi connectivity index (χ3v) is 5.44. The first kappa shape index (κ1) is 18.5. The van der Waals surface area contributed by atoms with Gasteiger partial charge in [0.2, 0.25) is 0 Å². The fourth-order valence-corrected chi connectivity index (χ4v) is 4.03. The molecule has 6 heteroatoms. The molecule has 1 fully saturated rings. The second-order valence-electron chi connectivity index (χ2n) is 7.62. The molecule has 0 saturated carbocycles. The summed E-state index contributed by atoms with van der Waals surface area (Å²) in [5.41, 5.74) is 4.99. The first-order chi connectivity index (χ1) is 13.5. The lowest BCUT2D eigenvalue weighted by Crippen LogP contribution is -2.23. The SMILES string of the molecule is Cc1cc(C(=O)Nc2ccc(N3CCCCCC3)cc2)c2c(C)nn(C)c2n1. The Bertz CT molecular complexity index is 998. The van der Waals surface area contributed by atoms with Crippen molar-refractivity contribution in [2.45, 2.75) is 39.5 Å². The minimum absolute atomic E-state index is 0.130. The van der Waals surface area contributed by atoms with Crippen LogP contribution in [0.15, 0.2) is 30.3 Å². The number of rotatable bonds is 3. The number of carbonyl (C=O) groups is 1. The molecule has 1 amide bonds. The summed E-state index contributed by atoms with van der Waals surface area (Å²) in [7, 11) is 1.85. The number of nitrogens with one attached hydrogen (secondary N) is 1. The van der Waals surface area contributed by atoms with Gasteiger partial charge in [-0.1, -0.05) is 12.8 Å². The molecule has 0 spiro atoms. The van der Waals surface area contributed by atoms with Crippen LogP contribution in [0.3, 0.4) is 0 Å². The van der Waals surface area contributed by atoms with Gasteiger partial charge in [-0.3, -0.25) is 9.48 Å². The number of anilines is 2. The molecule has 1 N–H and O–H groups in total. The first-order valence-corrected chi connectivity index (χ1v) is 10.0. The molecule has 3 aromatic rings. The first-order valence-electron chi connectivity index (χ1n) is 10.0. The molecular weight excluding hydrogens is 350 g/mol. The Kier molecular flexibility index (Phi) is 5.03. The van der Waals surface area contributed by atoms with Crippen LogP contribution >= 0.6 is 0 Å². The van der Waals surface area contributed by atoms with E-state index in [0.29, 0.717) is 5.56 Å². The van der Waals surface area contributed by atoms with Crippen LogP contribution in [0.4, 0.5) is 11.4 Å². The van der Waals surface area contributed by atoms with Crippen LogP contribution in [0.25, 0.3) is 11.0 Å². The van der Waals surface area contributed by atoms with E-state index in [1.54, 1.807) is 4.68 Å². The number of carbonyl (C=O) groups excluding carboxylic acids is 1. The van der Waals surface area contributed by atoms with Gasteiger partial charge < -0.3 is 10.2 Å². The van der Waals surface area contributed by atoms with E-state index in [0.717, 1.165) is 41.2 Å². The zero-order chi connectivity index (χ0) is 19.7. The standard InChI is InChI=1S/C22H27N5O/c1-15-14-19(20-16(2)25-26(3)21(20)23-15)22(28)24-17-8-10-18(11-9-17)27-12-6-4-5-7-13-27/h8-11,14H,4-7,12-13H2,1-3H3,(H,24,28). The fourth-order valence-electron chi connectivity index (χ4n) is 4.03. The van der Waals surface area contributed by atoms with Crippen molar-refractivity contribution < 1.29 is 4.79 Å². The Morgan fingerprint density at radius 2 is 1.71 bits per heavy atom. The van der Waals surface area contributed by atoms with Gasteiger partial charge in [0, 0.05) is 37.2 Å². The molecule has 0 atom stereocenters. The number of aryl methyl sites for hydroxylation is 3. The average Bonchev–Trinajstić information content (AvgIpc) is 2.87. The molecule has 0 bridgehead atoms. The van der Waals surface area contributed by atoms with E-state index in [1.807, 2.05) is 39.1 Å². The summed E-state index contributed by atoms with van der Waals surface area (Å²) in [6, 6.07) is 10.0. The molecule has 3 heterocycles. The molecule has 0 aliphatic carbocycles. The Hall–Kier alpha value is -2.89. The van der Waals surface area contributed by atoms with Gasteiger partial charge in [-0.15, -0.1) is 0 Å². The van der Waals surface area contributed by atoms with E-state index >= 15 is 0 Å². The lowest BCUT2D eigenvalue weighted by Gasteiger charge is -2.22. The topological polar surface area (TPSA) is 63.1 Å². The predicted molar refractivity (Wildman–Crippen MR) is 113 cm³/mol. The van der Waals surface area contributed by atoms with Gasteiger partial charge >= 0.3 is 0 Å². The maximum absolute atomic E-state index is 13.0. The van der Waals surface area contributed by atoms with Gasteiger partial charge in [-0.2, -0.15) is 5.10 Å². The molecule has 4 rings (SSSR count). The van der Waals surface area contributed by atoms with Crippen molar-refractivity contribution in [3.63, 3.8) is 0 Å². The highest BCUT2D eigenvalue weighted by atomic mass is 16.1. The van der Waals surface area contributed by atoms with Gasteiger partial charge in [0.25, 0.3) is 5.91 Å². The number of hydrogen-bond acceptors (Lipinski definition) is 4. The minimum atomic E-state index is -0.130. The summed E-state index contributed by atoms with van der Waals surface area (Å²) < 4.78 is 1.73. The predicted octanol–water partition coefficient (Wildman–Crippen LogP) is 4.22. The molecule has 146 valence electrons. The van der Waals surface area contributed by atoms with Gasteiger partial charge in [0.1, 0.15) is 0 Å².